The molecule has 0 radical (unpaired) electrons. The van der Waals surface area contributed by atoms with Crippen LogP contribution in [0.4, 0.5) is 4.39 Å². The molecular formula is C15H17FN2O. The lowest BCUT2D eigenvalue weighted by Crippen LogP contribution is -2.13. The lowest BCUT2D eigenvalue weighted by atomic mass is 10.1. The number of halogens is 1. The summed E-state index contributed by atoms with van der Waals surface area (Å²) in [6.45, 7) is 3.33. The molecule has 2 aromatic rings. The van der Waals surface area contributed by atoms with Gasteiger partial charge in [-0.2, -0.15) is 0 Å². The molecule has 1 heterocycles. The third-order valence-corrected chi connectivity index (χ3v) is 2.96. The summed E-state index contributed by atoms with van der Waals surface area (Å²) in [5, 5.41) is 3.31. The van der Waals surface area contributed by atoms with Crippen LogP contribution in [0.25, 0.3) is 0 Å². The van der Waals surface area contributed by atoms with Crippen LogP contribution in [0.2, 0.25) is 0 Å². The van der Waals surface area contributed by atoms with Gasteiger partial charge in [0, 0.05) is 25.4 Å². The van der Waals surface area contributed by atoms with Crippen molar-refractivity contribution in [3.8, 4) is 5.88 Å². The number of hydrogen-bond acceptors (Lipinski definition) is 3. The van der Waals surface area contributed by atoms with E-state index in [4.69, 9.17) is 4.74 Å². The molecule has 0 atom stereocenters. The minimum atomic E-state index is -0.194. The third-order valence-electron chi connectivity index (χ3n) is 2.96. The van der Waals surface area contributed by atoms with E-state index in [-0.39, 0.29) is 5.82 Å². The van der Waals surface area contributed by atoms with Crippen LogP contribution in [-0.4, -0.2) is 12.1 Å². The summed E-state index contributed by atoms with van der Waals surface area (Å²) in [7, 11) is 1.59. The molecule has 0 aliphatic carbocycles. The molecule has 1 aromatic heterocycles. The van der Waals surface area contributed by atoms with Gasteiger partial charge < -0.3 is 10.1 Å². The number of nitrogens with zero attached hydrogens (tertiary/aromatic N) is 1. The predicted octanol–water partition coefficient (Wildman–Crippen LogP) is 2.83. The molecule has 1 aromatic carbocycles. The second kappa shape index (κ2) is 6.29. The fourth-order valence-corrected chi connectivity index (χ4v) is 1.84. The number of benzene rings is 1. The molecule has 100 valence electrons. The molecule has 0 bridgehead atoms. The maximum atomic E-state index is 13.0. The fourth-order valence-electron chi connectivity index (χ4n) is 1.84. The first-order chi connectivity index (χ1) is 9.19. The van der Waals surface area contributed by atoms with Crippen LogP contribution in [0.5, 0.6) is 5.88 Å². The van der Waals surface area contributed by atoms with Gasteiger partial charge in [-0.3, -0.25) is 0 Å². The van der Waals surface area contributed by atoms with E-state index in [9.17, 15) is 4.39 Å². The van der Waals surface area contributed by atoms with Gasteiger partial charge >= 0.3 is 0 Å². The Kier molecular flexibility index (Phi) is 4.47. The summed E-state index contributed by atoms with van der Waals surface area (Å²) in [5.41, 5.74) is 3.14. The zero-order valence-electron chi connectivity index (χ0n) is 11.1. The molecule has 4 heteroatoms. The number of hydrogen-bond donors (Lipinski definition) is 1. The van der Waals surface area contributed by atoms with Gasteiger partial charge in [0.15, 0.2) is 0 Å². The van der Waals surface area contributed by atoms with Gasteiger partial charge in [0.2, 0.25) is 5.88 Å². The highest BCUT2D eigenvalue weighted by molar-refractivity contribution is 5.26. The molecule has 2 rings (SSSR count). The largest absolute Gasteiger partial charge is 0.481 e. The van der Waals surface area contributed by atoms with E-state index < -0.39 is 0 Å². The van der Waals surface area contributed by atoms with Crippen molar-refractivity contribution in [3.63, 3.8) is 0 Å². The van der Waals surface area contributed by atoms with E-state index in [0.29, 0.717) is 19.0 Å². The van der Waals surface area contributed by atoms with Gasteiger partial charge in [-0.15, -0.1) is 0 Å². The van der Waals surface area contributed by atoms with Crippen LogP contribution >= 0.6 is 0 Å². The van der Waals surface area contributed by atoms with Crippen LogP contribution < -0.4 is 10.1 Å². The van der Waals surface area contributed by atoms with Crippen molar-refractivity contribution >= 4 is 0 Å². The first kappa shape index (κ1) is 13.5. The molecule has 0 aliphatic rings. The number of aryl methyl sites for hydroxylation is 1. The lowest BCUT2D eigenvalue weighted by Gasteiger charge is -2.08. The van der Waals surface area contributed by atoms with Crippen molar-refractivity contribution in [2.24, 2.45) is 0 Å². The van der Waals surface area contributed by atoms with Gasteiger partial charge in [-0.1, -0.05) is 12.1 Å². The normalized spacial score (nSPS) is 10.5. The van der Waals surface area contributed by atoms with Crippen LogP contribution in [0.3, 0.4) is 0 Å². The summed E-state index contributed by atoms with van der Waals surface area (Å²) < 4.78 is 18.0. The molecule has 0 unspecified atom stereocenters. The van der Waals surface area contributed by atoms with Crippen LogP contribution in [-0.2, 0) is 13.1 Å². The van der Waals surface area contributed by atoms with E-state index >= 15 is 0 Å². The van der Waals surface area contributed by atoms with Gasteiger partial charge in [0.05, 0.1) is 7.11 Å². The SMILES string of the molecule is COc1ccc(CNCc2ccc(F)cc2C)cn1. The van der Waals surface area contributed by atoms with Gasteiger partial charge in [0.1, 0.15) is 5.82 Å². The van der Waals surface area contributed by atoms with Gasteiger partial charge in [0.25, 0.3) is 0 Å². The molecule has 19 heavy (non-hydrogen) atoms. The Labute approximate surface area is 112 Å². The molecule has 0 saturated heterocycles. The van der Waals surface area contributed by atoms with Gasteiger partial charge in [-0.25, -0.2) is 9.37 Å². The number of nitrogens with one attached hydrogen (secondary N) is 1. The van der Waals surface area contributed by atoms with Gasteiger partial charge in [-0.05, 0) is 35.7 Å². The molecular weight excluding hydrogens is 243 g/mol. The molecule has 0 fully saturated rings. The highest BCUT2D eigenvalue weighted by Crippen LogP contribution is 2.10. The molecule has 0 aliphatic heterocycles. The Morgan fingerprint density at radius 3 is 2.68 bits per heavy atom. The van der Waals surface area contributed by atoms with Crippen molar-refractivity contribution in [3.05, 3.63) is 59.0 Å². The van der Waals surface area contributed by atoms with E-state index in [1.165, 1.54) is 6.07 Å². The minimum absolute atomic E-state index is 0.194. The number of pyridine rings is 1. The van der Waals surface area contributed by atoms with Crippen molar-refractivity contribution in [2.45, 2.75) is 20.0 Å². The van der Waals surface area contributed by atoms with E-state index in [1.54, 1.807) is 19.4 Å². The van der Waals surface area contributed by atoms with Crippen LogP contribution in [0, 0.1) is 12.7 Å². The zero-order valence-corrected chi connectivity index (χ0v) is 11.1. The van der Waals surface area contributed by atoms with Crippen molar-refractivity contribution in [2.75, 3.05) is 7.11 Å². The summed E-state index contributed by atoms with van der Waals surface area (Å²) in [6, 6.07) is 8.64. The number of ether oxygens (including phenoxy) is 1. The summed E-state index contributed by atoms with van der Waals surface area (Å²) in [6.07, 6.45) is 1.78. The summed E-state index contributed by atoms with van der Waals surface area (Å²) in [5.74, 6) is 0.415. The summed E-state index contributed by atoms with van der Waals surface area (Å²) in [4.78, 5) is 4.14. The predicted molar refractivity (Wildman–Crippen MR) is 72.5 cm³/mol. The Balaban J connectivity index is 1.88. The second-order valence-electron chi connectivity index (χ2n) is 4.38. The Morgan fingerprint density at radius 1 is 1.21 bits per heavy atom. The van der Waals surface area contributed by atoms with Crippen LogP contribution in [0.15, 0.2) is 36.5 Å². The number of aromatic nitrogens is 1. The van der Waals surface area contributed by atoms with Crippen molar-refractivity contribution < 1.29 is 9.13 Å². The molecule has 0 spiro atoms. The maximum absolute atomic E-state index is 13.0. The monoisotopic (exact) mass is 260 g/mol. The number of methoxy groups -OCH3 is 1. The maximum Gasteiger partial charge on any atom is 0.212 e. The van der Waals surface area contributed by atoms with E-state index in [2.05, 4.69) is 10.3 Å². The smallest absolute Gasteiger partial charge is 0.212 e. The lowest BCUT2D eigenvalue weighted by molar-refractivity contribution is 0.397. The topological polar surface area (TPSA) is 34.1 Å². The molecule has 0 saturated carbocycles. The second-order valence-corrected chi connectivity index (χ2v) is 4.38. The molecule has 0 amide bonds. The third kappa shape index (κ3) is 3.76. The van der Waals surface area contributed by atoms with Crippen molar-refractivity contribution in [1.82, 2.24) is 10.3 Å². The van der Waals surface area contributed by atoms with E-state index in [1.807, 2.05) is 25.1 Å². The number of rotatable bonds is 5. The molecule has 1 N–H and O–H groups in total. The first-order valence-electron chi connectivity index (χ1n) is 6.13. The van der Waals surface area contributed by atoms with Crippen molar-refractivity contribution in [1.29, 1.82) is 0 Å². The van der Waals surface area contributed by atoms with E-state index in [0.717, 1.165) is 16.7 Å². The Morgan fingerprint density at radius 2 is 2.05 bits per heavy atom. The molecule has 3 nitrogen and oxygen atoms in total. The zero-order chi connectivity index (χ0) is 13.7. The Bertz CT molecular complexity index is 540. The average molecular weight is 260 g/mol. The standard InChI is InChI=1S/C15H17FN2O/c1-11-7-14(16)5-4-13(11)10-17-8-12-3-6-15(19-2)18-9-12/h3-7,9,17H,8,10H2,1-2H3. The highest BCUT2D eigenvalue weighted by atomic mass is 19.1. The average Bonchev–Trinajstić information content (AvgIpc) is 2.42. The summed E-state index contributed by atoms with van der Waals surface area (Å²) >= 11 is 0. The fraction of sp³-hybridized carbons (Fsp3) is 0.267. The first-order valence-corrected chi connectivity index (χ1v) is 6.13. The quantitative estimate of drug-likeness (QED) is 0.897. The van der Waals surface area contributed by atoms with Crippen LogP contribution in [0.1, 0.15) is 16.7 Å². The minimum Gasteiger partial charge on any atom is -0.481 e. The Hall–Kier alpha value is -1.94. The highest BCUT2D eigenvalue weighted by Gasteiger charge is 2.00.